The average molecular weight is 319 g/mol. The van der Waals surface area contributed by atoms with Crippen LogP contribution >= 0.6 is 11.6 Å². The first-order valence-corrected chi connectivity index (χ1v) is 7.49. The lowest BCUT2D eigenvalue weighted by atomic mass is 9.98. The van der Waals surface area contributed by atoms with Crippen molar-refractivity contribution in [2.75, 3.05) is 18.5 Å². The molecule has 0 aliphatic rings. The maximum absolute atomic E-state index is 11.5. The van der Waals surface area contributed by atoms with Crippen molar-refractivity contribution in [3.05, 3.63) is 64.7 Å². The van der Waals surface area contributed by atoms with Crippen LogP contribution in [0.4, 0.5) is 5.69 Å². The minimum atomic E-state index is -0.329. The van der Waals surface area contributed by atoms with Gasteiger partial charge in [0.05, 0.1) is 12.6 Å². The SMILES string of the molecule is CCOC(=O)CNc1ccc(Cl)cc1C(N)c1ccccc1. The highest BCUT2D eigenvalue weighted by molar-refractivity contribution is 6.30. The molecule has 116 valence electrons. The number of anilines is 1. The van der Waals surface area contributed by atoms with Crippen LogP contribution in [0.3, 0.4) is 0 Å². The lowest BCUT2D eigenvalue weighted by Gasteiger charge is -2.18. The number of hydrogen-bond donors (Lipinski definition) is 2. The van der Waals surface area contributed by atoms with E-state index < -0.39 is 0 Å². The molecule has 0 aromatic heterocycles. The molecule has 0 aliphatic heterocycles. The average Bonchev–Trinajstić information content (AvgIpc) is 2.54. The molecule has 0 saturated heterocycles. The second-order valence-electron chi connectivity index (χ2n) is 4.78. The zero-order valence-corrected chi connectivity index (χ0v) is 13.1. The van der Waals surface area contributed by atoms with Gasteiger partial charge in [-0.1, -0.05) is 41.9 Å². The summed E-state index contributed by atoms with van der Waals surface area (Å²) in [6.45, 7) is 2.22. The van der Waals surface area contributed by atoms with Crippen molar-refractivity contribution in [3.63, 3.8) is 0 Å². The van der Waals surface area contributed by atoms with Gasteiger partial charge in [0.15, 0.2) is 0 Å². The van der Waals surface area contributed by atoms with Crippen molar-refractivity contribution < 1.29 is 9.53 Å². The fraction of sp³-hybridized carbons (Fsp3) is 0.235. The topological polar surface area (TPSA) is 64.3 Å². The normalized spacial score (nSPS) is 11.8. The van der Waals surface area contributed by atoms with Crippen LogP contribution in [0.5, 0.6) is 0 Å². The number of rotatable bonds is 6. The molecule has 0 amide bonds. The first kappa shape index (κ1) is 16.3. The summed E-state index contributed by atoms with van der Waals surface area (Å²) < 4.78 is 4.91. The van der Waals surface area contributed by atoms with Crippen molar-refractivity contribution in [3.8, 4) is 0 Å². The van der Waals surface area contributed by atoms with Crippen LogP contribution in [0.25, 0.3) is 0 Å². The third kappa shape index (κ3) is 4.23. The Bertz CT molecular complexity index is 632. The predicted octanol–water partition coefficient (Wildman–Crippen LogP) is 3.36. The maximum atomic E-state index is 11.5. The highest BCUT2D eigenvalue weighted by Crippen LogP contribution is 2.29. The summed E-state index contributed by atoms with van der Waals surface area (Å²) in [6.07, 6.45) is 0. The van der Waals surface area contributed by atoms with Gasteiger partial charge in [-0.3, -0.25) is 4.79 Å². The molecule has 0 spiro atoms. The van der Waals surface area contributed by atoms with E-state index in [0.29, 0.717) is 11.6 Å². The van der Waals surface area contributed by atoms with E-state index in [1.165, 1.54) is 0 Å². The van der Waals surface area contributed by atoms with Crippen LogP contribution in [0.2, 0.25) is 5.02 Å². The largest absolute Gasteiger partial charge is 0.465 e. The van der Waals surface area contributed by atoms with Gasteiger partial charge in [-0.15, -0.1) is 0 Å². The lowest BCUT2D eigenvalue weighted by Crippen LogP contribution is -2.20. The standard InChI is InChI=1S/C17H19ClN2O2/c1-2-22-16(21)11-20-15-9-8-13(18)10-14(15)17(19)12-6-4-3-5-7-12/h3-10,17,20H,2,11,19H2,1H3. The van der Waals surface area contributed by atoms with E-state index in [9.17, 15) is 4.79 Å². The molecule has 3 N–H and O–H groups in total. The monoisotopic (exact) mass is 318 g/mol. The van der Waals surface area contributed by atoms with Crippen LogP contribution < -0.4 is 11.1 Å². The second kappa shape index (κ2) is 7.82. The molecule has 2 aromatic rings. The number of benzene rings is 2. The summed E-state index contributed by atoms with van der Waals surface area (Å²) in [5.74, 6) is -0.309. The van der Waals surface area contributed by atoms with Crippen LogP contribution in [0, 0.1) is 0 Å². The number of esters is 1. The Kier molecular flexibility index (Phi) is 5.81. The lowest BCUT2D eigenvalue weighted by molar-refractivity contribution is -0.140. The smallest absolute Gasteiger partial charge is 0.325 e. The molecule has 4 nitrogen and oxygen atoms in total. The Hall–Kier alpha value is -2.04. The molecule has 0 saturated carbocycles. The quantitative estimate of drug-likeness (QED) is 0.802. The minimum absolute atomic E-state index is 0.0873. The van der Waals surface area contributed by atoms with E-state index in [1.54, 1.807) is 13.0 Å². The summed E-state index contributed by atoms with van der Waals surface area (Å²) in [5.41, 5.74) is 8.92. The molecule has 0 heterocycles. The summed E-state index contributed by atoms with van der Waals surface area (Å²) in [7, 11) is 0. The molecule has 0 fully saturated rings. The summed E-state index contributed by atoms with van der Waals surface area (Å²) in [5, 5.41) is 3.66. The van der Waals surface area contributed by atoms with Gasteiger partial charge in [-0.2, -0.15) is 0 Å². The molecule has 5 heteroatoms. The minimum Gasteiger partial charge on any atom is -0.465 e. The number of nitrogens with one attached hydrogen (secondary N) is 1. The molecular formula is C17H19ClN2O2. The van der Waals surface area contributed by atoms with Gasteiger partial charge >= 0.3 is 5.97 Å². The molecule has 1 unspecified atom stereocenters. The van der Waals surface area contributed by atoms with Gasteiger partial charge < -0.3 is 15.8 Å². The van der Waals surface area contributed by atoms with Gasteiger partial charge in [0.25, 0.3) is 0 Å². The van der Waals surface area contributed by atoms with Gasteiger partial charge in [-0.05, 0) is 36.2 Å². The number of halogens is 1. The van der Waals surface area contributed by atoms with E-state index in [1.807, 2.05) is 42.5 Å². The Morgan fingerprint density at radius 1 is 1.27 bits per heavy atom. The number of carbonyl (C=O) groups is 1. The Morgan fingerprint density at radius 3 is 2.68 bits per heavy atom. The molecule has 22 heavy (non-hydrogen) atoms. The fourth-order valence-electron chi connectivity index (χ4n) is 2.17. The van der Waals surface area contributed by atoms with Crippen LogP contribution in [-0.2, 0) is 9.53 Å². The highest BCUT2D eigenvalue weighted by Gasteiger charge is 2.14. The number of nitrogens with two attached hydrogens (primary N) is 1. The zero-order valence-electron chi connectivity index (χ0n) is 12.4. The summed E-state index contributed by atoms with van der Waals surface area (Å²) in [4.78, 5) is 11.5. The van der Waals surface area contributed by atoms with Crippen molar-refractivity contribution in [2.45, 2.75) is 13.0 Å². The van der Waals surface area contributed by atoms with Crippen LogP contribution in [0.1, 0.15) is 24.1 Å². The molecule has 1 atom stereocenters. The number of carbonyl (C=O) groups excluding carboxylic acids is 1. The molecular weight excluding hydrogens is 300 g/mol. The van der Waals surface area contributed by atoms with Crippen LogP contribution in [0.15, 0.2) is 48.5 Å². The van der Waals surface area contributed by atoms with Gasteiger partial charge in [-0.25, -0.2) is 0 Å². The first-order valence-electron chi connectivity index (χ1n) is 7.11. The molecule has 0 radical (unpaired) electrons. The van der Waals surface area contributed by atoms with Gasteiger partial charge in [0.1, 0.15) is 6.54 Å². The molecule has 2 aromatic carbocycles. The first-order chi connectivity index (χ1) is 10.6. The third-order valence-corrected chi connectivity index (χ3v) is 3.47. The fourth-order valence-corrected chi connectivity index (χ4v) is 2.35. The van der Waals surface area contributed by atoms with Crippen molar-refractivity contribution in [1.82, 2.24) is 0 Å². The van der Waals surface area contributed by atoms with E-state index in [2.05, 4.69) is 5.32 Å². The van der Waals surface area contributed by atoms with Crippen molar-refractivity contribution in [1.29, 1.82) is 0 Å². The molecule has 2 rings (SSSR count). The second-order valence-corrected chi connectivity index (χ2v) is 5.21. The Labute approximate surface area is 135 Å². The van der Waals surface area contributed by atoms with Gasteiger partial charge in [0, 0.05) is 10.7 Å². The highest BCUT2D eigenvalue weighted by atomic mass is 35.5. The van der Waals surface area contributed by atoms with Crippen molar-refractivity contribution >= 4 is 23.3 Å². The maximum Gasteiger partial charge on any atom is 0.325 e. The number of hydrogen-bond acceptors (Lipinski definition) is 4. The zero-order chi connectivity index (χ0) is 15.9. The molecule has 0 aliphatic carbocycles. The number of ether oxygens (including phenoxy) is 1. The van der Waals surface area contributed by atoms with E-state index >= 15 is 0 Å². The van der Waals surface area contributed by atoms with Gasteiger partial charge in [0.2, 0.25) is 0 Å². The van der Waals surface area contributed by atoms with Crippen LogP contribution in [-0.4, -0.2) is 19.1 Å². The Balaban J connectivity index is 2.22. The van der Waals surface area contributed by atoms with E-state index in [4.69, 9.17) is 22.1 Å². The van der Waals surface area contributed by atoms with Crippen molar-refractivity contribution in [2.24, 2.45) is 5.73 Å². The Morgan fingerprint density at radius 2 is 2.00 bits per heavy atom. The predicted molar refractivity (Wildman–Crippen MR) is 89.0 cm³/mol. The van der Waals surface area contributed by atoms with E-state index in [0.717, 1.165) is 16.8 Å². The third-order valence-electron chi connectivity index (χ3n) is 3.24. The molecule has 0 bridgehead atoms. The summed E-state index contributed by atoms with van der Waals surface area (Å²) in [6, 6.07) is 14.8. The van der Waals surface area contributed by atoms with E-state index in [-0.39, 0.29) is 18.6 Å². The summed E-state index contributed by atoms with van der Waals surface area (Å²) >= 11 is 6.09.